The maximum Gasteiger partial charge on any atom is 0.246 e. The van der Waals surface area contributed by atoms with Crippen LogP contribution in [-0.2, 0) is 73.9 Å². The van der Waals surface area contributed by atoms with E-state index in [-0.39, 0.29) is 50.5 Å². The van der Waals surface area contributed by atoms with Crippen molar-refractivity contribution in [1.82, 2.24) is 51.6 Å². The van der Waals surface area contributed by atoms with E-state index >= 15 is 9.59 Å². The van der Waals surface area contributed by atoms with Gasteiger partial charge in [-0.25, -0.2) is 4.39 Å². The van der Waals surface area contributed by atoms with Crippen LogP contribution in [0.4, 0.5) is 4.39 Å². The van der Waals surface area contributed by atoms with Crippen LogP contribution in [0, 0.1) is 5.82 Å². The zero-order valence-corrected chi connectivity index (χ0v) is 51.6. The minimum Gasteiger partial charge on any atom is -0.361 e. The van der Waals surface area contributed by atoms with Crippen LogP contribution in [0.5, 0.6) is 0 Å². The average molecular weight is 1240 g/mol. The van der Waals surface area contributed by atoms with Gasteiger partial charge in [-0.15, -0.1) is 0 Å². The Morgan fingerprint density at radius 2 is 1.15 bits per heavy atom. The zero-order chi connectivity index (χ0) is 62.4. The quantitative estimate of drug-likeness (QED) is 0.110. The summed E-state index contributed by atoms with van der Waals surface area (Å²) in [5, 5.41) is 19.1. The van der Waals surface area contributed by atoms with Crippen LogP contribution >= 0.6 is 23.5 Å². The number of nitrogens with zero attached hydrogens (tertiary/aromatic N) is 3. The molecule has 0 saturated carbocycles. The molecule has 464 valence electrons. The molecule has 6 aromatic rings. The van der Waals surface area contributed by atoms with Gasteiger partial charge in [0.1, 0.15) is 54.2 Å². The molecule has 19 nitrogen and oxygen atoms in total. The molecule has 0 aliphatic carbocycles. The highest BCUT2D eigenvalue weighted by molar-refractivity contribution is 7.98. The molecule has 2 fully saturated rings. The lowest BCUT2D eigenvalue weighted by molar-refractivity contribution is -0.148. The Balaban J connectivity index is 0.997. The first-order valence-corrected chi connectivity index (χ1v) is 32.4. The number of benzene rings is 5. The van der Waals surface area contributed by atoms with Crippen LogP contribution in [0.3, 0.4) is 0 Å². The van der Waals surface area contributed by atoms with Gasteiger partial charge >= 0.3 is 0 Å². The summed E-state index contributed by atoms with van der Waals surface area (Å²) in [7, 11) is 1.51. The van der Waals surface area contributed by atoms with Gasteiger partial charge in [0, 0.05) is 92.5 Å². The minimum atomic E-state index is -1.40. The van der Waals surface area contributed by atoms with Crippen LogP contribution in [0.1, 0.15) is 80.7 Å². The highest BCUT2D eigenvalue weighted by Gasteiger charge is 2.43. The second kappa shape index (κ2) is 30.1. The van der Waals surface area contributed by atoms with E-state index in [1.807, 2.05) is 91.0 Å². The molecular weight excluding hydrogens is 1160 g/mol. The minimum absolute atomic E-state index is 0.0609. The molecule has 0 unspecified atom stereocenters. The molecule has 8 atom stereocenters. The summed E-state index contributed by atoms with van der Waals surface area (Å²) in [6, 6.07) is 25.6. The van der Waals surface area contributed by atoms with E-state index in [4.69, 9.17) is 0 Å². The molecule has 2 bridgehead atoms. The molecule has 22 heteroatoms. The molecule has 0 spiro atoms. The van der Waals surface area contributed by atoms with Crippen LogP contribution in [0.2, 0.25) is 0 Å². The molecular formula is C66H77FN10O9S2. The van der Waals surface area contributed by atoms with Crippen molar-refractivity contribution in [2.45, 2.75) is 132 Å². The lowest BCUT2D eigenvalue weighted by Gasteiger charge is -2.35. The zero-order valence-electron chi connectivity index (χ0n) is 50.0. The number of carbonyl (C=O) groups excluding carboxylic acids is 9. The number of H-pyrrole nitrogens is 1. The maximum absolute atomic E-state index is 15.3. The molecule has 9 amide bonds. The fraction of sp³-hybridized carbons (Fsp3) is 0.409. The molecule has 0 radical (unpaired) electrons. The average Bonchev–Trinajstić information content (AvgIpc) is 3.36. The van der Waals surface area contributed by atoms with Gasteiger partial charge < -0.3 is 51.6 Å². The topological polar surface area (TPSA) is 251 Å². The Labute approximate surface area is 520 Å². The number of thioether (sulfide) groups is 2. The fourth-order valence-electron chi connectivity index (χ4n) is 11.8. The summed E-state index contributed by atoms with van der Waals surface area (Å²) in [6.07, 6.45) is 3.27. The number of hydrogen-bond acceptors (Lipinski definition) is 11. The van der Waals surface area contributed by atoms with Crippen molar-refractivity contribution in [2.24, 2.45) is 0 Å². The van der Waals surface area contributed by atoms with E-state index in [9.17, 15) is 38.0 Å². The van der Waals surface area contributed by atoms with E-state index in [2.05, 4.69) is 43.0 Å². The molecule has 5 aromatic carbocycles. The monoisotopic (exact) mass is 1240 g/mol. The largest absolute Gasteiger partial charge is 0.361 e. The Morgan fingerprint density at radius 3 is 1.90 bits per heavy atom. The number of likely N-dealkylation sites (N-methyl/N-ethyl adjacent to an activating group) is 1. The van der Waals surface area contributed by atoms with Gasteiger partial charge in [0.05, 0.1) is 0 Å². The number of nitrogens with one attached hydrogen (secondary N) is 7. The van der Waals surface area contributed by atoms with Crippen molar-refractivity contribution in [3.63, 3.8) is 0 Å². The number of aromatic nitrogens is 1. The number of hydrogen-bond donors (Lipinski definition) is 7. The van der Waals surface area contributed by atoms with Crippen LogP contribution in [-0.4, -0.2) is 159 Å². The van der Waals surface area contributed by atoms with Crippen molar-refractivity contribution >= 4 is 98.4 Å². The van der Waals surface area contributed by atoms with Crippen LogP contribution < -0.4 is 31.9 Å². The number of aromatic amines is 1. The smallest absolute Gasteiger partial charge is 0.246 e. The SMILES string of the molecule is C[C@@H]1NC(=O)CCSCc2cccc(c2)CSCCNC(=O)[C@@H]2CCCN2C(=O)[C@H](Cc2ccccc2)N(C)C(=O)[C@H](C)NC(=O)[C@@H]2CCCN2C(=O)[C@H](Cc2c[nH]c3ccc(F)cc23)NC(=O)[C@H](Cc2cccc3ccccc23)NC(=O)[C@@H](C)NC1=O. The lowest BCUT2D eigenvalue weighted by atomic mass is 9.97. The number of carbonyl (C=O) groups is 9. The second-order valence-electron chi connectivity index (χ2n) is 22.9. The first-order valence-electron chi connectivity index (χ1n) is 30.1. The van der Waals surface area contributed by atoms with E-state index < -0.39 is 95.5 Å². The van der Waals surface area contributed by atoms with Crippen molar-refractivity contribution in [3.8, 4) is 0 Å². The number of amides is 9. The standard InChI is InChI=1S/C66H77FN10O9S2/c1-40-59(79)71-41(2)60(80)73-53(34-47-20-11-19-46-18-8-9-21-50(46)47)61(81)74-54(35-48-37-69-52-25-24-49(67)36-51(48)52)65(85)76-28-13-23-56(76)63(83)72-42(3)64(84)75(4)57(33-43-14-6-5-7-15-43)66(86)77-29-12-22-55(77)62(82)68-27-31-88-39-45-17-10-16-44(32-45)38-87-30-26-58(78)70-40/h5-11,14-21,24-25,32,36-37,40-42,53-57,69H,12-13,22-23,26-31,33-35,38-39H2,1-4H3,(H,68,82)(H,70,78)(H,71,79)(H,72,83)(H,73,80)(H,74,81)/t40-,41+,42-,53-,54-,55-,56-,57-/m0/s1. The van der Waals surface area contributed by atoms with Gasteiger partial charge in [0.25, 0.3) is 0 Å². The van der Waals surface area contributed by atoms with Crippen molar-refractivity contribution in [1.29, 1.82) is 0 Å². The van der Waals surface area contributed by atoms with Crippen molar-refractivity contribution in [3.05, 3.63) is 155 Å². The third-order valence-corrected chi connectivity index (χ3v) is 18.6. The van der Waals surface area contributed by atoms with E-state index in [1.165, 1.54) is 49.8 Å². The summed E-state index contributed by atoms with van der Waals surface area (Å²) < 4.78 is 14.9. The lowest BCUT2D eigenvalue weighted by Crippen LogP contribution is -2.60. The summed E-state index contributed by atoms with van der Waals surface area (Å²) >= 11 is 3.23. The van der Waals surface area contributed by atoms with E-state index in [0.717, 1.165) is 27.5 Å². The number of rotatable bonds is 6. The molecule has 3 aliphatic heterocycles. The third-order valence-electron chi connectivity index (χ3n) is 16.6. The first-order chi connectivity index (χ1) is 42.4. The van der Waals surface area contributed by atoms with Crippen LogP contribution in [0.25, 0.3) is 21.7 Å². The van der Waals surface area contributed by atoms with Gasteiger partial charge in [-0.2, -0.15) is 23.5 Å². The molecule has 3 aliphatic rings. The number of halogens is 1. The Bertz CT molecular complexity index is 3530. The predicted molar refractivity (Wildman–Crippen MR) is 339 cm³/mol. The summed E-state index contributed by atoms with van der Waals surface area (Å²) in [5.41, 5.74) is 4.70. The summed E-state index contributed by atoms with van der Waals surface area (Å²) in [5.74, 6) is -3.13. The Hall–Kier alpha value is -8.24. The van der Waals surface area contributed by atoms with Gasteiger partial charge in [0.15, 0.2) is 0 Å². The maximum atomic E-state index is 15.3. The normalized spacial score (nSPS) is 24.4. The van der Waals surface area contributed by atoms with Crippen molar-refractivity contribution in [2.75, 3.05) is 38.2 Å². The van der Waals surface area contributed by atoms with Crippen LogP contribution in [0.15, 0.2) is 121 Å². The molecule has 1 aromatic heterocycles. The van der Waals surface area contributed by atoms with Gasteiger partial charge in [0.2, 0.25) is 53.2 Å². The Kier molecular flexibility index (Phi) is 22.0. The Morgan fingerprint density at radius 1 is 0.534 bits per heavy atom. The second-order valence-corrected chi connectivity index (χ2v) is 25.1. The third kappa shape index (κ3) is 16.3. The van der Waals surface area contributed by atoms with E-state index in [0.29, 0.717) is 77.4 Å². The highest BCUT2D eigenvalue weighted by atomic mass is 32.2. The van der Waals surface area contributed by atoms with E-state index in [1.54, 1.807) is 40.7 Å². The van der Waals surface area contributed by atoms with Gasteiger partial charge in [-0.3, -0.25) is 43.2 Å². The molecule has 4 heterocycles. The first kappa shape index (κ1) is 64.2. The van der Waals surface area contributed by atoms with Crippen molar-refractivity contribution < 1.29 is 47.5 Å². The predicted octanol–water partition coefficient (Wildman–Crippen LogP) is 5.47. The highest BCUT2D eigenvalue weighted by Crippen LogP contribution is 2.27. The molecule has 9 rings (SSSR count). The van der Waals surface area contributed by atoms with Gasteiger partial charge in [-0.1, -0.05) is 97.1 Å². The number of fused-ring (bicyclic) bond motifs is 6. The molecule has 2 saturated heterocycles. The molecule has 7 N–H and O–H groups in total. The van der Waals surface area contributed by atoms with Gasteiger partial charge in [-0.05, 0) is 103 Å². The molecule has 88 heavy (non-hydrogen) atoms. The summed E-state index contributed by atoms with van der Waals surface area (Å²) in [4.78, 5) is 137. The summed E-state index contributed by atoms with van der Waals surface area (Å²) in [6.45, 7) is 5.26. The fourth-order valence-corrected chi connectivity index (χ4v) is 13.5.